The molecular weight excluding hydrogens is 428 g/mol. The second-order valence-electron chi connectivity index (χ2n) is 8.16. The Morgan fingerprint density at radius 2 is 1.75 bits per heavy atom. The zero-order valence-corrected chi connectivity index (χ0v) is 19.9. The number of amides is 2. The number of carbonyl (C=O) groups excluding carboxylic acids is 1. The third-order valence-electron chi connectivity index (χ3n) is 5.68. The second-order valence-corrected chi connectivity index (χ2v) is 10.3. The molecule has 0 unspecified atom stereocenters. The standard InChI is InChI=1S/C22H32N6O3S/c1-17-8-9-21(15-23-17)25-22(29)24-14-19-6-5-7-20(18(19)2)16-27-10-12-28(13-11-27)32(30,31)26(3)4/h5-9,15H,10-14,16H2,1-4H3,(H2,24,25,29). The molecule has 0 radical (unpaired) electrons. The summed E-state index contributed by atoms with van der Waals surface area (Å²) in [4.78, 5) is 18.7. The first-order valence-electron chi connectivity index (χ1n) is 10.6. The molecule has 1 fully saturated rings. The van der Waals surface area contributed by atoms with Gasteiger partial charge in [0.25, 0.3) is 10.2 Å². The molecule has 0 atom stereocenters. The minimum Gasteiger partial charge on any atom is -0.334 e. The largest absolute Gasteiger partial charge is 0.334 e. The highest BCUT2D eigenvalue weighted by atomic mass is 32.2. The molecule has 1 aromatic heterocycles. The third kappa shape index (κ3) is 6.04. The fourth-order valence-corrected chi connectivity index (χ4v) is 4.67. The van der Waals surface area contributed by atoms with Crippen LogP contribution in [0.5, 0.6) is 0 Å². The van der Waals surface area contributed by atoms with Gasteiger partial charge in [-0.2, -0.15) is 17.0 Å². The highest BCUT2D eigenvalue weighted by molar-refractivity contribution is 7.86. The number of anilines is 1. The predicted molar refractivity (Wildman–Crippen MR) is 125 cm³/mol. The Kier molecular flexibility index (Phi) is 7.83. The van der Waals surface area contributed by atoms with E-state index < -0.39 is 10.2 Å². The van der Waals surface area contributed by atoms with Crippen LogP contribution in [-0.2, 0) is 23.3 Å². The van der Waals surface area contributed by atoms with Gasteiger partial charge in [-0.25, -0.2) is 4.79 Å². The van der Waals surface area contributed by atoms with Crippen molar-refractivity contribution in [3.63, 3.8) is 0 Å². The van der Waals surface area contributed by atoms with Crippen LogP contribution in [0.3, 0.4) is 0 Å². The molecule has 2 aromatic rings. The fraction of sp³-hybridized carbons (Fsp3) is 0.455. The Morgan fingerprint density at radius 3 is 2.38 bits per heavy atom. The van der Waals surface area contributed by atoms with Gasteiger partial charge in [-0.1, -0.05) is 18.2 Å². The molecule has 2 heterocycles. The highest BCUT2D eigenvalue weighted by Gasteiger charge is 2.28. The number of piperazine rings is 1. The maximum atomic E-state index is 12.3. The van der Waals surface area contributed by atoms with Gasteiger partial charge in [-0.05, 0) is 42.7 Å². The topological polar surface area (TPSA) is 97.9 Å². The smallest absolute Gasteiger partial charge is 0.319 e. The van der Waals surface area contributed by atoms with Gasteiger partial charge in [0, 0.05) is 59.1 Å². The molecule has 10 heteroatoms. The molecule has 32 heavy (non-hydrogen) atoms. The number of aryl methyl sites for hydroxylation is 1. The van der Waals surface area contributed by atoms with Crippen molar-refractivity contribution in [2.24, 2.45) is 0 Å². The molecule has 174 valence electrons. The number of hydrogen-bond donors (Lipinski definition) is 2. The SMILES string of the molecule is Cc1ccc(NC(=O)NCc2cccc(CN3CCN(S(=O)(=O)N(C)C)CC3)c2C)cn1. The molecule has 0 spiro atoms. The Hall–Kier alpha value is -2.53. The van der Waals surface area contributed by atoms with Crippen LogP contribution in [0.2, 0.25) is 0 Å². The van der Waals surface area contributed by atoms with Gasteiger partial charge in [0.1, 0.15) is 0 Å². The predicted octanol–water partition coefficient (Wildman–Crippen LogP) is 1.94. The summed E-state index contributed by atoms with van der Waals surface area (Å²) >= 11 is 0. The van der Waals surface area contributed by atoms with E-state index >= 15 is 0 Å². The van der Waals surface area contributed by atoms with Gasteiger partial charge < -0.3 is 10.6 Å². The van der Waals surface area contributed by atoms with Crippen molar-refractivity contribution in [1.29, 1.82) is 0 Å². The number of urea groups is 1. The minimum absolute atomic E-state index is 0.279. The second kappa shape index (κ2) is 10.4. The fourth-order valence-electron chi connectivity index (χ4n) is 3.58. The summed E-state index contributed by atoms with van der Waals surface area (Å²) < 4.78 is 27.4. The van der Waals surface area contributed by atoms with E-state index in [2.05, 4.69) is 33.5 Å². The molecule has 1 aliphatic rings. The molecule has 1 saturated heterocycles. The monoisotopic (exact) mass is 460 g/mol. The van der Waals surface area contributed by atoms with Crippen LogP contribution >= 0.6 is 0 Å². The number of aromatic nitrogens is 1. The molecular formula is C22H32N6O3S. The third-order valence-corrected chi connectivity index (χ3v) is 7.62. The maximum absolute atomic E-state index is 12.3. The lowest BCUT2D eigenvalue weighted by atomic mass is 10.0. The lowest BCUT2D eigenvalue weighted by Gasteiger charge is -2.35. The van der Waals surface area contributed by atoms with E-state index in [0.717, 1.165) is 23.4 Å². The molecule has 0 saturated carbocycles. The van der Waals surface area contributed by atoms with Crippen LogP contribution in [0.25, 0.3) is 0 Å². The summed E-state index contributed by atoms with van der Waals surface area (Å²) in [5, 5.41) is 5.68. The number of pyridine rings is 1. The number of benzene rings is 1. The number of rotatable bonds is 7. The van der Waals surface area contributed by atoms with Crippen molar-refractivity contribution in [2.45, 2.75) is 26.9 Å². The van der Waals surface area contributed by atoms with Crippen LogP contribution < -0.4 is 10.6 Å². The van der Waals surface area contributed by atoms with Crippen LogP contribution in [0.4, 0.5) is 10.5 Å². The summed E-state index contributed by atoms with van der Waals surface area (Å²) in [6.07, 6.45) is 1.63. The van der Waals surface area contributed by atoms with Crippen LogP contribution in [0.1, 0.15) is 22.4 Å². The van der Waals surface area contributed by atoms with Crippen molar-refractivity contribution in [3.05, 3.63) is 58.9 Å². The first-order chi connectivity index (χ1) is 15.2. The summed E-state index contributed by atoms with van der Waals surface area (Å²) in [5.74, 6) is 0. The van der Waals surface area contributed by atoms with Gasteiger partial charge >= 0.3 is 6.03 Å². The van der Waals surface area contributed by atoms with Gasteiger partial charge in [-0.15, -0.1) is 0 Å². The Labute approximate surface area is 190 Å². The summed E-state index contributed by atoms with van der Waals surface area (Å²) in [6.45, 7) is 7.44. The Bertz CT molecular complexity index is 1030. The van der Waals surface area contributed by atoms with Crippen LogP contribution in [0.15, 0.2) is 36.5 Å². The lowest BCUT2D eigenvalue weighted by Crippen LogP contribution is -2.51. The Balaban J connectivity index is 1.54. The summed E-state index contributed by atoms with van der Waals surface area (Å²) in [6, 6.07) is 9.47. The normalized spacial score (nSPS) is 15.7. The average Bonchev–Trinajstić information content (AvgIpc) is 2.76. The summed E-state index contributed by atoms with van der Waals surface area (Å²) in [7, 11) is -0.245. The molecule has 1 aromatic carbocycles. The van der Waals surface area contributed by atoms with E-state index in [1.807, 2.05) is 31.2 Å². The lowest BCUT2D eigenvalue weighted by molar-refractivity contribution is 0.177. The maximum Gasteiger partial charge on any atom is 0.319 e. The number of carbonyl (C=O) groups is 1. The number of hydrogen-bond acceptors (Lipinski definition) is 5. The zero-order chi connectivity index (χ0) is 23.3. The zero-order valence-electron chi connectivity index (χ0n) is 19.1. The number of nitrogens with zero attached hydrogens (tertiary/aromatic N) is 4. The first kappa shape index (κ1) is 24.1. The van der Waals surface area contributed by atoms with Crippen molar-refractivity contribution >= 4 is 21.9 Å². The van der Waals surface area contributed by atoms with Crippen molar-refractivity contribution < 1.29 is 13.2 Å². The van der Waals surface area contributed by atoms with Crippen LogP contribution in [-0.4, -0.2) is 73.2 Å². The van der Waals surface area contributed by atoms with Crippen molar-refractivity contribution in [2.75, 3.05) is 45.6 Å². The molecule has 0 bridgehead atoms. The van der Waals surface area contributed by atoms with Gasteiger partial charge in [0.05, 0.1) is 11.9 Å². The molecule has 2 N–H and O–H groups in total. The average molecular weight is 461 g/mol. The molecule has 9 nitrogen and oxygen atoms in total. The van der Waals surface area contributed by atoms with Crippen LogP contribution in [0, 0.1) is 13.8 Å². The molecule has 3 rings (SSSR count). The van der Waals surface area contributed by atoms with E-state index in [1.54, 1.807) is 20.3 Å². The molecule has 0 aliphatic carbocycles. The minimum atomic E-state index is -3.36. The van der Waals surface area contributed by atoms with E-state index in [-0.39, 0.29) is 6.03 Å². The van der Waals surface area contributed by atoms with Gasteiger partial charge in [-0.3, -0.25) is 9.88 Å². The van der Waals surface area contributed by atoms with E-state index in [4.69, 9.17) is 0 Å². The molecule has 2 amide bonds. The quantitative estimate of drug-likeness (QED) is 0.658. The van der Waals surface area contributed by atoms with E-state index in [1.165, 1.54) is 14.2 Å². The van der Waals surface area contributed by atoms with Gasteiger partial charge in [0.15, 0.2) is 0 Å². The van der Waals surface area contributed by atoms with E-state index in [9.17, 15) is 13.2 Å². The van der Waals surface area contributed by atoms with Crippen molar-refractivity contribution in [3.8, 4) is 0 Å². The first-order valence-corrected chi connectivity index (χ1v) is 12.0. The molecule has 1 aliphatic heterocycles. The van der Waals surface area contributed by atoms with Crippen molar-refractivity contribution in [1.82, 2.24) is 23.8 Å². The number of nitrogens with one attached hydrogen (secondary N) is 2. The van der Waals surface area contributed by atoms with E-state index in [0.29, 0.717) is 38.4 Å². The summed E-state index contributed by atoms with van der Waals surface area (Å²) in [5.41, 5.74) is 4.90. The van der Waals surface area contributed by atoms with Gasteiger partial charge in [0.2, 0.25) is 0 Å². The highest BCUT2D eigenvalue weighted by Crippen LogP contribution is 2.18. The Morgan fingerprint density at radius 1 is 1.06 bits per heavy atom.